The monoisotopic (exact) mass is 387 g/mol. The molecule has 0 saturated carbocycles. The standard InChI is InChI=1S/C24H23BFNO2/c1-18(19-9-5-3-6-10-19)27-16-20-13-14-22(26)15-23(20)25-28-17-24(2,29-25)21-11-7-4-8-12-21/h3-16,18H,17H2,1-2H3/t18-,24+/m0/s1. The van der Waals surface area contributed by atoms with Gasteiger partial charge in [-0.25, -0.2) is 4.39 Å². The van der Waals surface area contributed by atoms with E-state index in [4.69, 9.17) is 9.31 Å². The fourth-order valence-corrected chi connectivity index (χ4v) is 3.51. The summed E-state index contributed by atoms with van der Waals surface area (Å²) in [6, 6.07) is 24.6. The van der Waals surface area contributed by atoms with Crippen molar-refractivity contribution in [3.63, 3.8) is 0 Å². The van der Waals surface area contributed by atoms with Crippen LogP contribution in [0.25, 0.3) is 0 Å². The first-order valence-corrected chi connectivity index (χ1v) is 9.78. The van der Waals surface area contributed by atoms with E-state index in [-0.39, 0.29) is 11.9 Å². The van der Waals surface area contributed by atoms with Gasteiger partial charge in [-0.05, 0) is 48.1 Å². The molecule has 1 saturated heterocycles. The maximum absolute atomic E-state index is 14.0. The summed E-state index contributed by atoms with van der Waals surface area (Å²) < 4.78 is 26.2. The highest BCUT2D eigenvalue weighted by atomic mass is 19.1. The molecule has 3 aromatic rings. The second kappa shape index (κ2) is 8.32. The Morgan fingerprint density at radius 2 is 1.72 bits per heavy atom. The van der Waals surface area contributed by atoms with Crippen LogP contribution in [0.15, 0.2) is 83.9 Å². The van der Waals surface area contributed by atoms with Gasteiger partial charge in [0.25, 0.3) is 0 Å². The Bertz CT molecular complexity index is 996. The lowest BCUT2D eigenvalue weighted by Crippen LogP contribution is -2.37. The summed E-state index contributed by atoms with van der Waals surface area (Å²) in [5, 5.41) is 0. The Morgan fingerprint density at radius 3 is 2.45 bits per heavy atom. The van der Waals surface area contributed by atoms with E-state index in [1.54, 1.807) is 12.3 Å². The fraction of sp³-hybridized carbons (Fsp3) is 0.208. The average molecular weight is 387 g/mol. The number of benzene rings is 3. The van der Waals surface area contributed by atoms with Crippen molar-refractivity contribution in [3.8, 4) is 0 Å². The Balaban J connectivity index is 1.59. The second-order valence-corrected chi connectivity index (χ2v) is 7.50. The maximum Gasteiger partial charge on any atom is 0.495 e. The smallest absolute Gasteiger partial charge is 0.404 e. The molecule has 3 nitrogen and oxygen atoms in total. The SMILES string of the molecule is C[C@H](N=Cc1ccc(F)cc1B1OC[C@](C)(c2ccccc2)O1)c1ccccc1. The van der Waals surface area contributed by atoms with Crippen molar-refractivity contribution in [2.45, 2.75) is 25.5 Å². The van der Waals surface area contributed by atoms with E-state index in [2.05, 4.69) is 4.99 Å². The topological polar surface area (TPSA) is 30.8 Å². The zero-order valence-electron chi connectivity index (χ0n) is 16.6. The van der Waals surface area contributed by atoms with Crippen LogP contribution in [0.2, 0.25) is 0 Å². The Morgan fingerprint density at radius 1 is 1.03 bits per heavy atom. The highest BCUT2D eigenvalue weighted by molar-refractivity contribution is 6.63. The van der Waals surface area contributed by atoms with E-state index in [1.165, 1.54) is 12.1 Å². The number of aliphatic imine (C=N–C) groups is 1. The number of hydrogen-bond donors (Lipinski definition) is 0. The first-order chi connectivity index (χ1) is 14.0. The lowest BCUT2D eigenvalue weighted by atomic mass is 9.76. The van der Waals surface area contributed by atoms with Crippen molar-refractivity contribution < 1.29 is 13.7 Å². The van der Waals surface area contributed by atoms with Gasteiger partial charge >= 0.3 is 7.12 Å². The van der Waals surface area contributed by atoms with Crippen LogP contribution in [0.5, 0.6) is 0 Å². The van der Waals surface area contributed by atoms with Crippen LogP contribution in [0.3, 0.4) is 0 Å². The van der Waals surface area contributed by atoms with Crippen LogP contribution in [-0.2, 0) is 14.9 Å². The largest absolute Gasteiger partial charge is 0.495 e. The summed E-state index contributed by atoms with van der Waals surface area (Å²) >= 11 is 0. The molecular weight excluding hydrogens is 364 g/mol. The molecular formula is C24H23BFNO2. The van der Waals surface area contributed by atoms with Gasteiger partial charge in [-0.3, -0.25) is 4.99 Å². The van der Waals surface area contributed by atoms with Crippen molar-refractivity contribution in [2.24, 2.45) is 4.99 Å². The summed E-state index contributed by atoms with van der Waals surface area (Å²) in [6.07, 6.45) is 1.78. The third kappa shape index (κ3) is 4.31. The molecule has 4 rings (SSSR count). The van der Waals surface area contributed by atoms with E-state index >= 15 is 0 Å². The van der Waals surface area contributed by atoms with E-state index in [1.807, 2.05) is 74.5 Å². The molecule has 2 atom stereocenters. The number of halogens is 1. The molecule has 1 aliphatic rings. The molecule has 3 aromatic carbocycles. The summed E-state index contributed by atoms with van der Waals surface area (Å²) in [5.41, 5.74) is 3.01. The van der Waals surface area contributed by atoms with Crippen LogP contribution in [0.4, 0.5) is 4.39 Å². The van der Waals surface area contributed by atoms with E-state index in [0.717, 1.165) is 16.7 Å². The van der Waals surface area contributed by atoms with Crippen molar-refractivity contribution >= 4 is 18.8 Å². The zero-order valence-corrected chi connectivity index (χ0v) is 16.6. The molecule has 0 bridgehead atoms. The van der Waals surface area contributed by atoms with Gasteiger partial charge in [-0.15, -0.1) is 0 Å². The van der Waals surface area contributed by atoms with Gasteiger partial charge in [0.1, 0.15) is 5.82 Å². The first kappa shape index (κ1) is 19.6. The highest BCUT2D eigenvalue weighted by Crippen LogP contribution is 2.31. The molecule has 1 fully saturated rings. The minimum atomic E-state index is -0.649. The molecule has 29 heavy (non-hydrogen) atoms. The van der Waals surface area contributed by atoms with Gasteiger partial charge in [0, 0.05) is 6.21 Å². The molecule has 0 aromatic heterocycles. The summed E-state index contributed by atoms with van der Waals surface area (Å²) in [6.45, 7) is 4.42. The van der Waals surface area contributed by atoms with E-state index in [0.29, 0.717) is 12.1 Å². The summed E-state index contributed by atoms with van der Waals surface area (Å²) in [7, 11) is -0.649. The van der Waals surface area contributed by atoms with Crippen LogP contribution >= 0.6 is 0 Å². The van der Waals surface area contributed by atoms with E-state index < -0.39 is 12.7 Å². The van der Waals surface area contributed by atoms with E-state index in [9.17, 15) is 4.39 Å². The predicted molar refractivity (Wildman–Crippen MR) is 115 cm³/mol. The lowest BCUT2D eigenvalue weighted by molar-refractivity contribution is 0.114. The van der Waals surface area contributed by atoms with Gasteiger partial charge in [0.15, 0.2) is 0 Å². The molecule has 0 unspecified atom stereocenters. The van der Waals surface area contributed by atoms with Gasteiger partial charge < -0.3 is 9.31 Å². The predicted octanol–water partition coefficient (Wildman–Crippen LogP) is 4.66. The maximum atomic E-state index is 14.0. The van der Waals surface area contributed by atoms with Crippen LogP contribution < -0.4 is 5.46 Å². The molecule has 0 N–H and O–H groups in total. The van der Waals surface area contributed by atoms with Crippen LogP contribution in [-0.4, -0.2) is 19.9 Å². The quantitative estimate of drug-likeness (QED) is 0.471. The number of rotatable bonds is 5. The molecule has 1 heterocycles. The first-order valence-electron chi connectivity index (χ1n) is 9.78. The molecule has 0 amide bonds. The Kier molecular flexibility index (Phi) is 5.61. The van der Waals surface area contributed by atoms with Gasteiger partial charge in [-0.2, -0.15) is 0 Å². The normalized spacial score (nSPS) is 20.3. The number of hydrogen-bond acceptors (Lipinski definition) is 3. The Labute approximate surface area is 171 Å². The molecule has 146 valence electrons. The third-order valence-electron chi connectivity index (χ3n) is 5.28. The second-order valence-electron chi connectivity index (χ2n) is 7.50. The number of nitrogens with zero attached hydrogens (tertiary/aromatic N) is 1. The molecule has 0 radical (unpaired) electrons. The summed E-state index contributed by atoms with van der Waals surface area (Å²) in [5.74, 6) is -0.325. The van der Waals surface area contributed by atoms with Crippen molar-refractivity contribution in [2.75, 3.05) is 6.61 Å². The van der Waals surface area contributed by atoms with Crippen LogP contribution in [0.1, 0.15) is 36.6 Å². The third-order valence-corrected chi connectivity index (χ3v) is 5.28. The van der Waals surface area contributed by atoms with Gasteiger partial charge in [-0.1, -0.05) is 66.7 Å². The average Bonchev–Trinajstić information content (AvgIpc) is 3.17. The van der Waals surface area contributed by atoms with Crippen molar-refractivity contribution in [3.05, 3.63) is 101 Å². The molecule has 0 spiro atoms. The zero-order chi connectivity index (χ0) is 20.3. The summed E-state index contributed by atoms with van der Waals surface area (Å²) in [4.78, 5) is 4.66. The molecule has 1 aliphatic heterocycles. The highest BCUT2D eigenvalue weighted by Gasteiger charge is 2.43. The van der Waals surface area contributed by atoms with Gasteiger partial charge in [0.2, 0.25) is 0 Å². The van der Waals surface area contributed by atoms with Gasteiger partial charge in [0.05, 0.1) is 18.2 Å². The minimum Gasteiger partial charge on any atom is -0.404 e. The minimum absolute atomic E-state index is 0.00546. The van der Waals surface area contributed by atoms with Crippen LogP contribution in [0, 0.1) is 5.82 Å². The molecule has 0 aliphatic carbocycles. The Hall–Kier alpha value is -2.76. The molecule has 5 heteroatoms. The van der Waals surface area contributed by atoms with Crippen molar-refractivity contribution in [1.29, 1.82) is 0 Å². The lowest BCUT2D eigenvalue weighted by Gasteiger charge is -2.23. The van der Waals surface area contributed by atoms with Crippen molar-refractivity contribution in [1.82, 2.24) is 0 Å². The fourth-order valence-electron chi connectivity index (χ4n) is 3.51.